The smallest absolute Gasteiger partial charge is 0.189 e. The molecule has 1 aliphatic heterocycles. The molecule has 0 radical (unpaired) electrons. The van der Waals surface area contributed by atoms with Gasteiger partial charge in [0.2, 0.25) is 0 Å². The van der Waals surface area contributed by atoms with Gasteiger partial charge in [-0.05, 0) is 68.9 Å². The number of hydrazine groups is 1. The number of methoxy groups -OCH3 is 1. The minimum absolute atomic E-state index is 0.434. The Kier molecular flexibility index (Phi) is 5.04. The minimum atomic E-state index is -0.434. The van der Waals surface area contributed by atoms with Gasteiger partial charge in [0.15, 0.2) is 5.11 Å². The molecule has 1 heterocycles. The van der Waals surface area contributed by atoms with Crippen LogP contribution in [-0.4, -0.2) is 17.8 Å². The maximum atomic E-state index is 6.02. The molecule has 5 nitrogen and oxygen atoms in total. The molecule has 6 heteroatoms. The lowest BCUT2D eigenvalue weighted by atomic mass is 9.99. The summed E-state index contributed by atoms with van der Waals surface area (Å²) in [4.78, 5) is 0. The standard InChI is InChI=1S/C20H23N3O2S/c1-13-7-5-6-8-16(13)21-19(26)23-22-17-12-20(2,3)25-18-10-9-14(24-4)11-15(17)18/h5-12,22H,1-4H3,(H2,21,23,26). The Bertz CT molecular complexity index is 862. The molecule has 0 unspecified atom stereocenters. The molecule has 1 aliphatic rings. The number of aryl methyl sites for hydroxylation is 1. The van der Waals surface area contributed by atoms with Crippen molar-refractivity contribution in [3.8, 4) is 11.5 Å². The van der Waals surface area contributed by atoms with Crippen molar-refractivity contribution in [1.82, 2.24) is 10.9 Å². The van der Waals surface area contributed by atoms with Crippen LogP contribution >= 0.6 is 12.2 Å². The van der Waals surface area contributed by atoms with Crippen molar-refractivity contribution in [1.29, 1.82) is 0 Å². The van der Waals surface area contributed by atoms with E-state index in [4.69, 9.17) is 21.7 Å². The monoisotopic (exact) mass is 369 g/mol. The van der Waals surface area contributed by atoms with Crippen molar-refractivity contribution in [3.63, 3.8) is 0 Å². The van der Waals surface area contributed by atoms with Crippen LogP contribution in [0, 0.1) is 6.92 Å². The molecule has 0 aliphatic carbocycles. The molecule has 136 valence electrons. The second-order valence-corrected chi connectivity index (χ2v) is 7.05. The van der Waals surface area contributed by atoms with Crippen LogP contribution in [0.1, 0.15) is 25.0 Å². The van der Waals surface area contributed by atoms with Crippen molar-refractivity contribution in [3.05, 3.63) is 59.7 Å². The molecular formula is C20H23N3O2S. The van der Waals surface area contributed by atoms with Crippen molar-refractivity contribution in [2.24, 2.45) is 0 Å². The number of para-hydroxylation sites is 1. The topological polar surface area (TPSA) is 54.5 Å². The highest BCUT2D eigenvalue weighted by atomic mass is 32.1. The summed E-state index contributed by atoms with van der Waals surface area (Å²) < 4.78 is 11.3. The fraction of sp³-hybridized carbons (Fsp3) is 0.250. The maximum absolute atomic E-state index is 6.02. The van der Waals surface area contributed by atoms with Crippen LogP contribution in [-0.2, 0) is 0 Å². The Labute approximate surface area is 159 Å². The molecule has 3 rings (SSSR count). The molecule has 0 amide bonds. The number of rotatable bonds is 4. The van der Waals surface area contributed by atoms with Crippen LogP contribution in [0.25, 0.3) is 5.70 Å². The normalized spacial score (nSPS) is 14.4. The van der Waals surface area contributed by atoms with Crippen molar-refractivity contribution in [2.75, 3.05) is 12.4 Å². The first-order valence-electron chi connectivity index (χ1n) is 8.37. The van der Waals surface area contributed by atoms with Crippen LogP contribution in [0.3, 0.4) is 0 Å². The molecule has 0 fully saturated rings. The predicted octanol–water partition coefficient (Wildman–Crippen LogP) is 4.01. The average molecular weight is 369 g/mol. The molecule has 0 atom stereocenters. The lowest BCUT2D eigenvalue weighted by Gasteiger charge is -2.31. The molecule has 0 bridgehead atoms. The van der Waals surface area contributed by atoms with E-state index in [0.717, 1.165) is 34.0 Å². The van der Waals surface area contributed by atoms with Crippen LogP contribution in [0.2, 0.25) is 0 Å². The summed E-state index contributed by atoms with van der Waals surface area (Å²) in [6.45, 7) is 6.04. The Balaban J connectivity index is 1.75. The Morgan fingerprint density at radius 3 is 2.65 bits per heavy atom. The van der Waals surface area contributed by atoms with Gasteiger partial charge in [-0.2, -0.15) is 0 Å². The second kappa shape index (κ2) is 7.25. The van der Waals surface area contributed by atoms with Crippen molar-refractivity contribution >= 4 is 28.7 Å². The molecule has 2 aromatic rings. The highest BCUT2D eigenvalue weighted by molar-refractivity contribution is 7.80. The van der Waals surface area contributed by atoms with Gasteiger partial charge < -0.3 is 14.8 Å². The fourth-order valence-corrected chi connectivity index (χ4v) is 2.93. The number of benzene rings is 2. The molecule has 0 saturated carbocycles. The largest absolute Gasteiger partial charge is 0.497 e. The number of anilines is 1. The first-order valence-corrected chi connectivity index (χ1v) is 8.78. The van der Waals surface area contributed by atoms with E-state index < -0.39 is 5.60 Å². The zero-order chi connectivity index (χ0) is 18.7. The van der Waals surface area contributed by atoms with E-state index in [0.29, 0.717) is 5.11 Å². The predicted molar refractivity (Wildman–Crippen MR) is 109 cm³/mol. The van der Waals surface area contributed by atoms with Crippen LogP contribution in [0.5, 0.6) is 11.5 Å². The first-order chi connectivity index (χ1) is 12.4. The molecule has 0 saturated heterocycles. The quantitative estimate of drug-likeness (QED) is 0.559. The number of nitrogens with one attached hydrogen (secondary N) is 3. The van der Waals surface area contributed by atoms with Gasteiger partial charge in [0.05, 0.1) is 12.8 Å². The second-order valence-electron chi connectivity index (χ2n) is 6.64. The highest BCUT2D eigenvalue weighted by Gasteiger charge is 2.27. The van der Waals surface area contributed by atoms with Gasteiger partial charge in [-0.3, -0.25) is 10.9 Å². The summed E-state index contributed by atoms with van der Waals surface area (Å²) >= 11 is 5.40. The van der Waals surface area contributed by atoms with Gasteiger partial charge in [0.1, 0.15) is 17.1 Å². The van der Waals surface area contributed by atoms with Crippen LogP contribution < -0.4 is 25.6 Å². The van der Waals surface area contributed by atoms with Crippen LogP contribution in [0.4, 0.5) is 5.69 Å². The Morgan fingerprint density at radius 2 is 1.92 bits per heavy atom. The van der Waals surface area contributed by atoms with Gasteiger partial charge in [0.25, 0.3) is 0 Å². The number of thiocarbonyl (C=S) groups is 1. The fourth-order valence-electron chi connectivity index (χ4n) is 2.77. The zero-order valence-corrected chi connectivity index (χ0v) is 16.2. The van der Waals surface area contributed by atoms with E-state index in [1.165, 1.54) is 0 Å². The minimum Gasteiger partial charge on any atom is -0.497 e. The average Bonchev–Trinajstić information content (AvgIpc) is 2.60. The third-order valence-electron chi connectivity index (χ3n) is 4.05. The lowest BCUT2D eigenvalue weighted by molar-refractivity contribution is 0.157. The third-order valence-corrected chi connectivity index (χ3v) is 4.25. The Morgan fingerprint density at radius 1 is 1.15 bits per heavy atom. The van der Waals surface area contributed by atoms with Gasteiger partial charge in [0, 0.05) is 11.3 Å². The molecule has 0 spiro atoms. The molecule has 0 aromatic heterocycles. The maximum Gasteiger partial charge on any atom is 0.189 e. The molecule has 26 heavy (non-hydrogen) atoms. The van der Waals surface area contributed by atoms with Crippen LogP contribution in [0.15, 0.2) is 48.5 Å². The number of fused-ring (bicyclic) bond motifs is 1. The summed E-state index contributed by atoms with van der Waals surface area (Å²) in [5, 5.41) is 3.67. The number of ether oxygens (including phenoxy) is 2. The van der Waals surface area contributed by atoms with E-state index in [1.807, 2.05) is 69.3 Å². The van der Waals surface area contributed by atoms with Crippen molar-refractivity contribution < 1.29 is 9.47 Å². The van der Waals surface area contributed by atoms with E-state index >= 15 is 0 Å². The van der Waals surface area contributed by atoms with Gasteiger partial charge in [-0.25, -0.2) is 0 Å². The van der Waals surface area contributed by atoms with Gasteiger partial charge in [-0.1, -0.05) is 18.2 Å². The summed E-state index contributed by atoms with van der Waals surface area (Å²) in [5.74, 6) is 1.56. The van der Waals surface area contributed by atoms with E-state index in [-0.39, 0.29) is 0 Å². The molecule has 3 N–H and O–H groups in total. The SMILES string of the molecule is COc1ccc2c(c1)C(NNC(=S)Nc1ccccc1C)=CC(C)(C)O2. The highest BCUT2D eigenvalue weighted by Crippen LogP contribution is 2.36. The summed E-state index contributed by atoms with van der Waals surface area (Å²) in [5.41, 5.74) is 9.69. The first kappa shape index (κ1) is 18.1. The summed E-state index contributed by atoms with van der Waals surface area (Å²) in [7, 11) is 1.64. The van der Waals surface area contributed by atoms with Gasteiger partial charge >= 0.3 is 0 Å². The summed E-state index contributed by atoms with van der Waals surface area (Å²) in [6.07, 6.45) is 2.01. The Hall–Kier alpha value is -2.73. The van der Waals surface area contributed by atoms with Crippen molar-refractivity contribution in [2.45, 2.75) is 26.4 Å². The van der Waals surface area contributed by atoms with E-state index in [1.54, 1.807) is 7.11 Å². The summed E-state index contributed by atoms with van der Waals surface area (Å²) in [6, 6.07) is 13.7. The zero-order valence-electron chi connectivity index (χ0n) is 15.3. The third kappa shape index (κ3) is 4.08. The number of hydrogen-bond donors (Lipinski definition) is 3. The van der Waals surface area contributed by atoms with Gasteiger partial charge in [-0.15, -0.1) is 0 Å². The van der Waals surface area contributed by atoms with E-state index in [2.05, 4.69) is 16.2 Å². The molecular weight excluding hydrogens is 346 g/mol. The molecule has 2 aromatic carbocycles. The lowest BCUT2D eigenvalue weighted by Crippen LogP contribution is -2.41. The number of hydrogen-bond acceptors (Lipinski definition) is 4. The van der Waals surface area contributed by atoms with E-state index in [9.17, 15) is 0 Å².